The third-order valence-corrected chi connectivity index (χ3v) is 4.76. The van der Waals surface area contributed by atoms with E-state index < -0.39 is 22.6 Å². The Hall–Kier alpha value is -4.60. The third-order valence-electron chi connectivity index (χ3n) is 4.76. The minimum Gasteiger partial charge on any atom is -0.493 e. The highest BCUT2D eigenvalue weighted by atomic mass is 19.1. The molecule has 0 aromatic heterocycles. The van der Waals surface area contributed by atoms with Gasteiger partial charge >= 0.3 is 0 Å². The molecular weight excluding hydrogens is 445 g/mol. The number of carbonyl (C=O) groups is 2. The fourth-order valence-electron chi connectivity index (χ4n) is 3.08. The lowest BCUT2D eigenvalue weighted by Gasteiger charge is -2.12. The van der Waals surface area contributed by atoms with Crippen LogP contribution in [-0.2, 0) is 11.2 Å². The number of hydrogen-bond acceptors (Lipinski definition) is 6. The summed E-state index contributed by atoms with van der Waals surface area (Å²) in [5.74, 6) is -1.64. The van der Waals surface area contributed by atoms with Gasteiger partial charge in [-0.15, -0.1) is 0 Å². The Morgan fingerprint density at radius 2 is 1.62 bits per heavy atom. The molecule has 0 unspecified atom stereocenters. The Balaban J connectivity index is 2.04. The van der Waals surface area contributed by atoms with Gasteiger partial charge in [0.05, 0.1) is 25.2 Å². The molecule has 0 atom stereocenters. The van der Waals surface area contributed by atoms with Crippen LogP contribution in [0.15, 0.2) is 71.7 Å². The second kappa shape index (κ2) is 10.8. The van der Waals surface area contributed by atoms with Gasteiger partial charge in [-0.2, -0.15) is 0 Å². The molecule has 3 aromatic rings. The van der Waals surface area contributed by atoms with Crippen LogP contribution < -0.4 is 14.8 Å². The lowest BCUT2D eigenvalue weighted by Crippen LogP contribution is -2.26. The smallest absolute Gasteiger partial charge is 0.277 e. The van der Waals surface area contributed by atoms with Gasteiger partial charge in [0, 0.05) is 23.2 Å². The number of amides is 2. The Labute approximate surface area is 194 Å². The Morgan fingerprint density at radius 3 is 2.21 bits per heavy atom. The number of rotatable bonds is 8. The van der Waals surface area contributed by atoms with E-state index in [9.17, 15) is 24.1 Å². The van der Waals surface area contributed by atoms with Crippen molar-refractivity contribution < 1.29 is 28.4 Å². The summed E-state index contributed by atoms with van der Waals surface area (Å²) in [5, 5.41) is 14.2. The topological polar surface area (TPSA) is 120 Å². The lowest BCUT2D eigenvalue weighted by molar-refractivity contribution is -0.385. The van der Waals surface area contributed by atoms with Crippen molar-refractivity contribution in [1.29, 1.82) is 0 Å². The van der Waals surface area contributed by atoms with Crippen molar-refractivity contribution in [1.82, 2.24) is 0 Å². The van der Waals surface area contributed by atoms with Gasteiger partial charge in [0.2, 0.25) is 0 Å². The molecule has 0 spiro atoms. The maximum Gasteiger partial charge on any atom is 0.277 e. The van der Waals surface area contributed by atoms with Crippen molar-refractivity contribution in [3.63, 3.8) is 0 Å². The maximum atomic E-state index is 13.2. The van der Waals surface area contributed by atoms with Crippen molar-refractivity contribution in [2.75, 3.05) is 19.5 Å². The Bertz CT molecular complexity index is 1240. The molecule has 0 saturated heterocycles. The molecule has 0 aliphatic carbocycles. The molecule has 0 bridgehead atoms. The molecule has 2 amide bonds. The second-order valence-corrected chi connectivity index (χ2v) is 6.96. The van der Waals surface area contributed by atoms with Gasteiger partial charge in [0.25, 0.3) is 17.5 Å². The van der Waals surface area contributed by atoms with Gasteiger partial charge in [-0.05, 0) is 42.5 Å². The maximum absolute atomic E-state index is 13.2. The number of hydrogen-bond donors (Lipinski definition) is 1. The van der Waals surface area contributed by atoms with E-state index in [0.717, 1.165) is 12.1 Å². The molecular formula is C24H20FN3O6. The van der Waals surface area contributed by atoms with Crippen LogP contribution in [0.2, 0.25) is 0 Å². The fraction of sp³-hybridized carbons (Fsp3) is 0.125. The average molecular weight is 465 g/mol. The van der Waals surface area contributed by atoms with Crippen LogP contribution in [0, 0.1) is 15.9 Å². The SMILES string of the molecule is COc1cc(CC(=NC(=O)c2ccccc2)C(=O)Nc2ccc(F)cc2)c([N+](=O)[O-])cc1OC. The predicted molar refractivity (Wildman–Crippen MR) is 123 cm³/mol. The highest BCUT2D eigenvalue weighted by Gasteiger charge is 2.24. The van der Waals surface area contributed by atoms with Crippen LogP contribution in [0.25, 0.3) is 0 Å². The summed E-state index contributed by atoms with van der Waals surface area (Å²) < 4.78 is 23.6. The van der Waals surface area contributed by atoms with Crippen LogP contribution in [0.3, 0.4) is 0 Å². The van der Waals surface area contributed by atoms with E-state index in [-0.39, 0.29) is 46.1 Å². The summed E-state index contributed by atoms with van der Waals surface area (Å²) >= 11 is 0. The van der Waals surface area contributed by atoms with Crippen molar-refractivity contribution in [2.45, 2.75) is 6.42 Å². The van der Waals surface area contributed by atoms with E-state index in [1.54, 1.807) is 18.2 Å². The van der Waals surface area contributed by atoms with E-state index in [1.165, 1.54) is 50.6 Å². The van der Waals surface area contributed by atoms with Crippen LogP contribution in [0.5, 0.6) is 11.5 Å². The number of ether oxygens (including phenoxy) is 2. The number of nitro benzene ring substituents is 1. The largest absolute Gasteiger partial charge is 0.493 e. The van der Waals surface area contributed by atoms with E-state index in [4.69, 9.17) is 9.47 Å². The minimum absolute atomic E-state index is 0.0801. The molecule has 10 heteroatoms. The molecule has 0 radical (unpaired) electrons. The molecule has 0 aliphatic heterocycles. The van der Waals surface area contributed by atoms with Crippen molar-refractivity contribution in [2.24, 2.45) is 4.99 Å². The molecule has 0 saturated carbocycles. The van der Waals surface area contributed by atoms with Crippen LogP contribution in [-0.4, -0.2) is 36.7 Å². The number of anilines is 1. The third kappa shape index (κ3) is 5.80. The molecule has 3 aromatic carbocycles. The molecule has 174 valence electrons. The number of nitrogens with one attached hydrogen (secondary N) is 1. The second-order valence-electron chi connectivity index (χ2n) is 6.96. The zero-order valence-electron chi connectivity index (χ0n) is 18.3. The van der Waals surface area contributed by atoms with E-state index in [0.29, 0.717) is 0 Å². The van der Waals surface area contributed by atoms with Crippen molar-refractivity contribution >= 4 is 28.9 Å². The first-order valence-electron chi connectivity index (χ1n) is 9.95. The predicted octanol–water partition coefficient (Wildman–Crippen LogP) is 4.21. The van der Waals surface area contributed by atoms with Crippen LogP contribution in [0.1, 0.15) is 15.9 Å². The summed E-state index contributed by atoms with van der Waals surface area (Å²) in [5.41, 5.74) is -0.0541. The molecule has 0 fully saturated rings. The summed E-state index contributed by atoms with van der Waals surface area (Å²) in [4.78, 5) is 40.7. The summed E-state index contributed by atoms with van der Waals surface area (Å²) in [7, 11) is 2.70. The first-order chi connectivity index (χ1) is 16.3. The fourth-order valence-corrected chi connectivity index (χ4v) is 3.08. The summed E-state index contributed by atoms with van der Waals surface area (Å²) in [6.07, 6.45) is -0.359. The quantitative estimate of drug-likeness (QED) is 0.302. The van der Waals surface area contributed by atoms with Gasteiger partial charge in [0.1, 0.15) is 11.5 Å². The Morgan fingerprint density at radius 1 is 1.00 bits per heavy atom. The number of nitrogens with zero attached hydrogens (tertiary/aromatic N) is 2. The number of halogens is 1. The normalized spacial score (nSPS) is 11.0. The zero-order chi connectivity index (χ0) is 24.7. The number of nitro groups is 1. The van der Waals surface area contributed by atoms with E-state index >= 15 is 0 Å². The van der Waals surface area contributed by atoms with Crippen molar-refractivity contribution in [3.8, 4) is 11.5 Å². The highest BCUT2D eigenvalue weighted by Crippen LogP contribution is 2.35. The van der Waals surface area contributed by atoms with Gasteiger partial charge in [0.15, 0.2) is 11.5 Å². The molecule has 0 aliphatic rings. The molecule has 0 heterocycles. The first kappa shape index (κ1) is 24.1. The Kier molecular flexibility index (Phi) is 7.65. The summed E-state index contributed by atoms with van der Waals surface area (Å²) in [6.45, 7) is 0. The van der Waals surface area contributed by atoms with Crippen molar-refractivity contribution in [3.05, 3.63) is 93.8 Å². The van der Waals surface area contributed by atoms with Crippen LogP contribution in [0.4, 0.5) is 15.8 Å². The number of carbonyl (C=O) groups excluding carboxylic acids is 2. The van der Waals surface area contributed by atoms with Gasteiger partial charge in [-0.25, -0.2) is 9.38 Å². The average Bonchev–Trinajstić information content (AvgIpc) is 2.84. The van der Waals surface area contributed by atoms with Gasteiger partial charge in [-0.1, -0.05) is 18.2 Å². The highest BCUT2D eigenvalue weighted by molar-refractivity contribution is 6.45. The molecule has 3 rings (SSSR count). The standard InChI is InChI=1S/C24H20FN3O6/c1-33-21-13-16(20(28(31)32)14-22(21)34-2)12-19(27-23(29)15-6-4-3-5-7-15)24(30)26-18-10-8-17(25)9-11-18/h3-11,13-14H,12H2,1-2H3,(H,26,30). The summed E-state index contributed by atoms with van der Waals surface area (Å²) in [6, 6.07) is 15.6. The first-order valence-corrected chi connectivity index (χ1v) is 9.95. The number of methoxy groups -OCH3 is 2. The van der Waals surface area contributed by atoms with E-state index in [1.807, 2.05) is 0 Å². The van der Waals surface area contributed by atoms with Gasteiger partial charge < -0.3 is 14.8 Å². The van der Waals surface area contributed by atoms with E-state index in [2.05, 4.69) is 10.3 Å². The van der Waals surface area contributed by atoms with Crippen LogP contribution >= 0.6 is 0 Å². The molecule has 34 heavy (non-hydrogen) atoms. The number of aliphatic imine (C=N–C) groups is 1. The molecule has 9 nitrogen and oxygen atoms in total. The molecule has 1 N–H and O–H groups in total. The van der Waals surface area contributed by atoms with Gasteiger partial charge in [-0.3, -0.25) is 19.7 Å². The number of benzene rings is 3. The monoisotopic (exact) mass is 465 g/mol. The minimum atomic E-state index is -0.778. The lowest BCUT2D eigenvalue weighted by atomic mass is 10.0. The zero-order valence-corrected chi connectivity index (χ0v) is 18.3.